The highest BCUT2D eigenvalue weighted by molar-refractivity contribution is 7.71. The Balaban J connectivity index is 2.33. The molecule has 0 saturated carbocycles. The zero-order valence-electron chi connectivity index (χ0n) is 16.1. The Kier molecular flexibility index (Phi) is 6.82. The number of hydrogen-bond donors (Lipinski definition) is 0. The predicted molar refractivity (Wildman–Crippen MR) is 102 cm³/mol. The molecule has 154 valence electrons. The molecule has 1 aromatic rings. The molecule has 0 bridgehead atoms. The third kappa shape index (κ3) is 4.04. The molecule has 0 N–H and O–H groups in total. The van der Waals surface area contributed by atoms with Crippen LogP contribution in [0, 0.1) is 15.5 Å². The fraction of sp³-hybridized carbons (Fsp3) is 0.556. The average molecular weight is 413 g/mol. The van der Waals surface area contributed by atoms with Gasteiger partial charge in [-0.15, -0.1) is 0 Å². The number of carbonyl (C=O) groups is 2. The molecule has 0 aliphatic carbocycles. The summed E-state index contributed by atoms with van der Waals surface area (Å²) in [5.74, 6) is -1.31. The summed E-state index contributed by atoms with van der Waals surface area (Å²) < 4.78 is 28.7. The maximum atomic E-state index is 13.5. The topological polar surface area (TPSA) is 122 Å². The quantitative estimate of drug-likeness (QED) is 0.220. The van der Waals surface area contributed by atoms with Crippen molar-refractivity contribution in [2.45, 2.75) is 26.7 Å². The fourth-order valence-electron chi connectivity index (χ4n) is 3.34. The minimum atomic E-state index is -2.97. The van der Waals surface area contributed by atoms with Gasteiger partial charge >= 0.3 is 17.6 Å². The molecule has 0 amide bonds. The van der Waals surface area contributed by atoms with Gasteiger partial charge in [0.05, 0.1) is 25.2 Å². The zero-order valence-corrected chi connectivity index (χ0v) is 17.0. The number of esters is 2. The Morgan fingerprint density at radius 1 is 1.14 bits per heavy atom. The van der Waals surface area contributed by atoms with E-state index >= 15 is 0 Å². The third-order valence-corrected chi connectivity index (χ3v) is 8.07. The zero-order chi connectivity index (χ0) is 20.9. The second-order valence-corrected chi connectivity index (χ2v) is 9.66. The summed E-state index contributed by atoms with van der Waals surface area (Å²) in [4.78, 5) is 35.5. The van der Waals surface area contributed by atoms with Crippen LogP contribution in [0.25, 0.3) is 0 Å². The number of nitro benzene ring substituents is 1. The summed E-state index contributed by atoms with van der Waals surface area (Å²) in [5.41, 5.74) is -1.69. The van der Waals surface area contributed by atoms with Gasteiger partial charge in [-0.1, -0.05) is 0 Å². The highest BCUT2D eigenvalue weighted by atomic mass is 31.2. The number of nitrogens with zero attached hydrogens (tertiary/aromatic N) is 1. The molecule has 0 spiro atoms. The van der Waals surface area contributed by atoms with E-state index in [1.807, 2.05) is 0 Å². The smallest absolute Gasteiger partial charge is 0.323 e. The van der Waals surface area contributed by atoms with Crippen LogP contribution in [-0.2, 0) is 23.6 Å². The van der Waals surface area contributed by atoms with E-state index < -0.39 is 29.4 Å². The average Bonchev–Trinajstić information content (AvgIpc) is 2.68. The van der Waals surface area contributed by atoms with Crippen LogP contribution < -0.4 is 10.0 Å². The number of rotatable bonds is 7. The van der Waals surface area contributed by atoms with Gasteiger partial charge in [0.15, 0.2) is 11.2 Å². The molecule has 1 heterocycles. The second kappa shape index (κ2) is 8.73. The maximum Gasteiger partial charge on any atom is 0.323 e. The summed E-state index contributed by atoms with van der Waals surface area (Å²) >= 11 is 0. The lowest BCUT2D eigenvalue weighted by molar-refractivity contribution is -0.385. The normalized spacial score (nSPS) is 17.4. The van der Waals surface area contributed by atoms with Gasteiger partial charge in [0.25, 0.3) is 0 Å². The van der Waals surface area contributed by atoms with E-state index in [2.05, 4.69) is 0 Å². The monoisotopic (exact) mass is 413 g/mol. The Bertz CT molecular complexity index is 790. The molecular weight excluding hydrogens is 389 g/mol. The second-order valence-electron chi connectivity index (χ2n) is 6.47. The van der Waals surface area contributed by atoms with E-state index in [9.17, 15) is 24.3 Å². The molecule has 10 heteroatoms. The number of carbonyl (C=O) groups excluding carboxylic acids is 2. The van der Waals surface area contributed by atoms with Crippen LogP contribution in [0.3, 0.4) is 0 Å². The van der Waals surface area contributed by atoms with Gasteiger partial charge in [-0.3, -0.25) is 19.7 Å². The van der Waals surface area contributed by atoms with Crippen LogP contribution in [-0.4, -0.2) is 49.5 Å². The van der Waals surface area contributed by atoms with Gasteiger partial charge < -0.3 is 18.8 Å². The highest BCUT2D eigenvalue weighted by Crippen LogP contribution is 2.55. The van der Waals surface area contributed by atoms with Gasteiger partial charge in [0, 0.05) is 23.7 Å². The Labute approximate surface area is 162 Å². The van der Waals surface area contributed by atoms with E-state index in [4.69, 9.17) is 14.2 Å². The van der Waals surface area contributed by atoms with Crippen molar-refractivity contribution < 1.29 is 33.3 Å². The molecule has 2 rings (SSSR count). The Morgan fingerprint density at radius 3 is 2.11 bits per heavy atom. The molecule has 1 aliphatic rings. The molecule has 1 aliphatic heterocycles. The minimum absolute atomic E-state index is 0.0188. The van der Waals surface area contributed by atoms with Crippen LogP contribution in [0.1, 0.15) is 26.7 Å². The minimum Gasteiger partial charge on any atom is -0.490 e. The van der Waals surface area contributed by atoms with Crippen LogP contribution in [0.2, 0.25) is 0 Å². The van der Waals surface area contributed by atoms with E-state index in [1.165, 1.54) is 25.3 Å². The van der Waals surface area contributed by atoms with E-state index in [-0.39, 0.29) is 49.8 Å². The first-order valence-corrected chi connectivity index (χ1v) is 11.1. The molecule has 0 atom stereocenters. The lowest BCUT2D eigenvalue weighted by Crippen LogP contribution is -2.46. The number of benzene rings is 1. The molecule has 28 heavy (non-hydrogen) atoms. The summed E-state index contributed by atoms with van der Waals surface area (Å²) in [5, 5.41) is 11.5. The van der Waals surface area contributed by atoms with Crippen molar-refractivity contribution in [3.63, 3.8) is 0 Å². The van der Waals surface area contributed by atoms with Gasteiger partial charge in [-0.2, -0.15) is 0 Å². The van der Waals surface area contributed by atoms with E-state index in [0.29, 0.717) is 5.30 Å². The van der Waals surface area contributed by atoms with Gasteiger partial charge in [-0.25, -0.2) is 0 Å². The van der Waals surface area contributed by atoms with Crippen LogP contribution >= 0.6 is 7.14 Å². The van der Waals surface area contributed by atoms with Crippen molar-refractivity contribution in [3.8, 4) is 5.75 Å². The predicted octanol–water partition coefficient (Wildman–Crippen LogP) is 2.50. The largest absolute Gasteiger partial charge is 0.490 e. The Morgan fingerprint density at radius 2 is 1.68 bits per heavy atom. The van der Waals surface area contributed by atoms with E-state index in [0.717, 1.165) is 0 Å². The molecule has 9 nitrogen and oxygen atoms in total. The van der Waals surface area contributed by atoms with E-state index in [1.54, 1.807) is 13.8 Å². The number of ether oxygens (including phenoxy) is 3. The summed E-state index contributed by atoms with van der Waals surface area (Å²) in [7, 11) is -1.67. The highest BCUT2D eigenvalue weighted by Gasteiger charge is 2.53. The van der Waals surface area contributed by atoms with Crippen LogP contribution in [0.4, 0.5) is 5.69 Å². The first-order chi connectivity index (χ1) is 13.2. The van der Waals surface area contributed by atoms with Crippen LogP contribution in [0.15, 0.2) is 18.2 Å². The number of hydrogen-bond acceptors (Lipinski definition) is 8. The summed E-state index contributed by atoms with van der Waals surface area (Å²) in [6, 6.07) is 4.11. The molecule has 0 radical (unpaired) electrons. The lowest BCUT2D eigenvalue weighted by atomic mass is 9.82. The maximum absolute atomic E-state index is 13.5. The van der Waals surface area contributed by atoms with Crippen molar-refractivity contribution in [2.24, 2.45) is 5.41 Å². The van der Waals surface area contributed by atoms with Gasteiger partial charge in [-0.05, 0) is 38.8 Å². The van der Waals surface area contributed by atoms with Gasteiger partial charge in [0.2, 0.25) is 0 Å². The fourth-order valence-corrected chi connectivity index (χ4v) is 6.26. The summed E-state index contributed by atoms with van der Waals surface area (Å²) in [6.45, 7) is 3.54. The van der Waals surface area contributed by atoms with Crippen molar-refractivity contribution in [2.75, 3.05) is 32.6 Å². The van der Waals surface area contributed by atoms with Crippen molar-refractivity contribution in [1.82, 2.24) is 0 Å². The molecule has 0 unspecified atom stereocenters. The van der Waals surface area contributed by atoms with Crippen LogP contribution in [0.5, 0.6) is 5.75 Å². The SMILES string of the molecule is CCOC(=O)C1(C(=O)OCC)CCP(=O)(c2ccc([N+](=O)[O-])c(OC)c2)CC1. The first-order valence-electron chi connectivity index (χ1n) is 8.99. The number of nitro groups is 1. The Hall–Kier alpha value is -2.41. The summed E-state index contributed by atoms with van der Waals surface area (Å²) in [6.07, 6.45) is 0.236. The van der Waals surface area contributed by atoms with Crippen molar-refractivity contribution in [1.29, 1.82) is 0 Å². The molecule has 1 aromatic carbocycles. The molecule has 0 aromatic heterocycles. The molecule has 1 fully saturated rings. The standard InChI is InChI=1S/C18H24NO8P/c1-4-26-16(20)18(17(21)27-5-2)8-10-28(24,11-9-18)13-6-7-14(19(22)23)15(12-13)25-3/h6-7,12H,4-5,8-11H2,1-3H3. The van der Waals surface area contributed by atoms with Crippen molar-refractivity contribution >= 4 is 30.1 Å². The molecular formula is C18H24NO8P. The number of methoxy groups -OCH3 is 1. The lowest BCUT2D eigenvalue weighted by Gasteiger charge is -2.36. The van der Waals surface area contributed by atoms with Crippen molar-refractivity contribution in [3.05, 3.63) is 28.3 Å². The third-order valence-electron chi connectivity index (χ3n) is 4.96. The first kappa shape index (κ1) is 21.9. The van der Waals surface area contributed by atoms with Gasteiger partial charge in [0.1, 0.15) is 7.14 Å². The molecule has 1 saturated heterocycles.